The van der Waals surface area contributed by atoms with Crippen LogP contribution in [0.5, 0.6) is 23.0 Å². The van der Waals surface area contributed by atoms with Gasteiger partial charge in [-0.25, -0.2) is 0 Å². The fourth-order valence-electron chi connectivity index (χ4n) is 6.46. The zero-order chi connectivity index (χ0) is 36.0. The number of aromatic hydroxyl groups is 4. The summed E-state index contributed by atoms with van der Waals surface area (Å²) in [5.74, 6) is 0.600. The lowest BCUT2D eigenvalue weighted by Gasteiger charge is -2.29. The van der Waals surface area contributed by atoms with Gasteiger partial charge in [-0.2, -0.15) is 0 Å². The summed E-state index contributed by atoms with van der Waals surface area (Å²) in [6, 6.07) is 23.6. The lowest BCUT2D eigenvalue weighted by Crippen LogP contribution is -2.16. The molecule has 0 fully saturated rings. The van der Waals surface area contributed by atoms with Gasteiger partial charge in [0.1, 0.15) is 23.0 Å². The zero-order valence-electron chi connectivity index (χ0n) is 31.3. The number of hydrogen-bond donors (Lipinski definition) is 4. The van der Waals surface area contributed by atoms with Crippen LogP contribution >= 0.6 is 0 Å². The van der Waals surface area contributed by atoms with Crippen LogP contribution in [0.15, 0.2) is 72.8 Å². The van der Waals surface area contributed by atoms with E-state index in [1.807, 2.05) is 48.5 Å². The molecule has 0 aliphatic carbocycles. The van der Waals surface area contributed by atoms with E-state index in [2.05, 4.69) is 107 Å². The minimum absolute atomic E-state index is 0.146. The Labute approximate surface area is 289 Å². The molecular weight excluding hydrogens is 592 g/mol. The summed E-state index contributed by atoms with van der Waals surface area (Å²) >= 11 is 0. The van der Waals surface area contributed by atoms with Crippen LogP contribution in [-0.4, -0.2) is 20.4 Å². The summed E-state index contributed by atoms with van der Waals surface area (Å²) in [6.45, 7) is 25.7. The standard InChI is InChI=1S/C44H58O4/c1-41(2,3)31-15-27(19-35(45)23-31)39(28-16-32(42(4,5)6)24-36(46)20-28)13-14-40(29-17-33(43(7,8)9)25-37(47)21-29)30-18-34(44(10,11)12)26-38(48)22-30/h15-26,39-40,45-48H,13-14H2,1-12H3. The quantitative estimate of drug-likeness (QED) is 0.160. The topological polar surface area (TPSA) is 80.9 Å². The maximum Gasteiger partial charge on any atom is 0.116 e. The van der Waals surface area contributed by atoms with Crippen molar-refractivity contribution in [2.24, 2.45) is 0 Å². The van der Waals surface area contributed by atoms with E-state index in [0.717, 1.165) is 44.5 Å². The molecule has 4 nitrogen and oxygen atoms in total. The van der Waals surface area contributed by atoms with Gasteiger partial charge in [0.15, 0.2) is 0 Å². The highest BCUT2D eigenvalue weighted by atomic mass is 16.3. The van der Waals surface area contributed by atoms with Crippen LogP contribution < -0.4 is 0 Å². The molecule has 0 atom stereocenters. The van der Waals surface area contributed by atoms with Crippen LogP contribution in [-0.2, 0) is 21.7 Å². The number of phenols is 4. The first-order valence-corrected chi connectivity index (χ1v) is 17.3. The first kappa shape index (κ1) is 36.9. The lowest BCUT2D eigenvalue weighted by molar-refractivity contribution is 0.463. The van der Waals surface area contributed by atoms with Crippen molar-refractivity contribution in [2.75, 3.05) is 0 Å². The average Bonchev–Trinajstić information content (AvgIpc) is 2.92. The van der Waals surface area contributed by atoms with Gasteiger partial charge in [-0.3, -0.25) is 0 Å². The van der Waals surface area contributed by atoms with E-state index in [9.17, 15) is 20.4 Å². The molecule has 4 aromatic rings. The minimum Gasteiger partial charge on any atom is -0.508 e. The Bertz CT molecular complexity index is 1500. The van der Waals surface area contributed by atoms with Crippen LogP contribution in [0.25, 0.3) is 0 Å². The van der Waals surface area contributed by atoms with Gasteiger partial charge >= 0.3 is 0 Å². The van der Waals surface area contributed by atoms with E-state index in [1.54, 1.807) is 0 Å². The summed E-state index contributed by atoms with van der Waals surface area (Å²) < 4.78 is 0. The first-order valence-electron chi connectivity index (χ1n) is 17.3. The lowest BCUT2D eigenvalue weighted by atomic mass is 9.76. The molecule has 0 aliphatic rings. The van der Waals surface area contributed by atoms with Crippen molar-refractivity contribution in [3.8, 4) is 23.0 Å². The van der Waals surface area contributed by atoms with Gasteiger partial charge in [0.2, 0.25) is 0 Å². The maximum atomic E-state index is 11.0. The molecule has 4 N–H and O–H groups in total. The maximum absolute atomic E-state index is 11.0. The second-order valence-electron chi connectivity index (χ2n) is 17.9. The van der Waals surface area contributed by atoms with Gasteiger partial charge in [0.25, 0.3) is 0 Å². The molecule has 0 unspecified atom stereocenters. The molecule has 48 heavy (non-hydrogen) atoms. The number of rotatable bonds is 7. The van der Waals surface area contributed by atoms with Gasteiger partial charge in [0, 0.05) is 11.8 Å². The summed E-state index contributed by atoms with van der Waals surface area (Å²) in [6.07, 6.45) is 1.37. The van der Waals surface area contributed by atoms with Gasteiger partial charge in [-0.15, -0.1) is 0 Å². The van der Waals surface area contributed by atoms with E-state index in [4.69, 9.17) is 0 Å². The third-order valence-corrected chi connectivity index (χ3v) is 9.58. The number of hydrogen-bond acceptors (Lipinski definition) is 4. The summed E-state index contributed by atoms with van der Waals surface area (Å²) in [5.41, 5.74) is 7.42. The molecule has 0 saturated heterocycles. The highest BCUT2D eigenvalue weighted by Gasteiger charge is 2.27. The van der Waals surface area contributed by atoms with Crippen LogP contribution in [0.4, 0.5) is 0 Å². The van der Waals surface area contributed by atoms with Gasteiger partial charge in [0.05, 0.1) is 0 Å². The van der Waals surface area contributed by atoms with Crippen LogP contribution in [0, 0.1) is 0 Å². The fraction of sp³-hybridized carbons (Fsp3) is 0.455. The molecule has 0 bridgehead atoms. The molecule has 0 spiro atoms. The van der Waals surface area contributed by atoms with E-state index in [1.165, 1.54) is 0 Å². The van der Waals surface area contributed by atoms with E-state index in [-0.39, 0.29) is 56.5 Å². The van der Waals surface area contributed by atoms with E-state index in [0.29, 0.717) is 12.8 Å². The zero-order valence-corrected chi connectivity index (χ0v) is 31.3. The molecule has 0 amide bonds. The molecular formula is C44H58O4. The third kappa shape index (κ3) is 8.95. The molecule has 4 rings (SSSR count). The van der Waals surface area contributed by atoms with Crippen molar-refractivity contribution < 1.29 is 20.4 Å². The van der Waals surface area contributed by atoms with Crippen LogP contribution in [0.2, 0.25) is 0 Å². The third-order valence-electron chi connectivity index (χ3n) is 9.58. The van der Waals surface area contributed by atoms with Crippen LogP contribution in [0.1, 0.15) is 152 Å². The minimum atomic E-state index is -0.175. The average molecular weight is 651 g/mol. The largest absolute Gasteiger partial charge is 0.508 e. The summed E-state index contributed by atoms with van der Waals surface area (Å²) in [7, 11) is 0. The fourth-order valence-corrected chi connectivity index (χ4v) is 6.46. The van der Waals surface area contributed by atoms with Crippen molar-refractivity contribution in [3.63, 3.8) is 0 Å². The predicted molar refractivity (Wildman–Crippen MR) is 200 cm³/mol. The van der Waals surface area contributed by atoms with Crippen LogP contribution in [0.3, 0.4) is 0 Å². The number of benzene rings is 4. The summed E-state index contributed by atoms with van der Waals surface area (Å²) in [5, 5.41) is 44.0. The normalized spacial score (nSPS) is 13.0. The molecule has 4 heteroatoms. The van der Waals surface area contributed by atoms with Gasteiger partial charge in [-0.05, 0) is 128 Å². The van der Waals surface area contributed by atoms with Crippen molar-refractivity contribution in [3.05, 3.63) is 117 Å². The second kappa shape index (κ2) is 13.2. The second-order valence-corrected chi connectivity index (χ2v) is 17.9. The molecule has 0 radical (unpaired) electrons. The summed E-state index contributed by atoms with van der Waals surface area (Å²) in [4.78, 5) is 0. The van der Waals surface area contributed by atoms with E-state index < -0.39 is 0 Å². The SMILES string of the molecule is CC(C)(C)c1cc(O)cc(C(CCC(c2cc(O)cc(C(C)(C)C)c2)c2cc(O)cc(C(C)(C)C)c2)c2cc(O)cc(C(C)(C)C)c2)c1. The molecule has 0 heterocycles. The highest BCUT2D eigenvalue weighted by Crippen LogP contribution is 2.43. The molecule has 4 aromatic carbocycles. The van der Waals surface area contributed by atoms with Crippen molar-refractivity contribution in [1.82, 2.24) is 0 Å². The Morgan fingerprint density at radius 1 is 0.333 bits per heavy atom. The smallest absolute Gasteiger partial charge is 0.116 e. The van der Waals surface area contributed by atoms with Gasteiger partial charge in [-0.1, -0.05) is 107 Å². The van der Waals surface area contributed by atoms with Gasteiger partial charge < -0.3 is 20.4 Å². The Hall–Kier alpha value is -3.92. The molecule has 258 valence electrons. The predicted octanol–water partition coefficient (Wildman–Crippen LogP) is 11.4. The monoisotopic (exact) mass is 650 g/mol. The Balaban J connectivity index is 1.95. The molecule has 0 saturated carbocycles. The highest BCUT2D eigenvalue weighted by molar-refractivity contribution is 5.48. The Morgan fingerprint density at radius 3 is 0.688 bits per heavy atom. The number of phenolic OH excluding ortho intramolecular Hbond substituents is 4. The molecule has 0 aromatic heterocycles. The van der Waals surface area contributed by atoms with E-state index >= 15 is 0 Å². The van der Waals surface area contributed by atoms with Crippen molar-refractivity contribution in [2.45, 2.75) is 129 Å². The first-order chi connectivity index (χ1) is 21.9. The Kier molecular flexibility index (Phi) is 10.1. The van der Waals surface area contributed by atoms with Crippen molar-refractivity contribution >= 4 is 0 Å². The Morgan fingerprint density at radius 2 is 0.521 bits per heavy atom. The van der Waals surface area contributed by atoms with Crippen molar-refractivity contribution in [1.29, 1.82) is 0 Å². The molecule has 0 aliphatic heterocycles.